The van der Waals surface area contributed by atoms with E-state index in [-0.39, 0.29) is 24.1 Å². The SMILES string of the molecule is CN[C@@H](CF)C(=O)Nc1ncc(-c2cccc(C(=O)N(C)C)c2)n(Cc2cncc(-n3cc(C)c4cc(F)ccc43)c2)c1=O. The Morgan fingerprint density at radius 1 is 1.07 bits per heavy atom. The third-order valence-electron chi connectivity index (χ3n) is 7.29. The predicted octanol–water partition coefficient (Wildman–Crippen LogP) is 3.94. The number of aromatic nitrogens is 4. The number of rotatable bonds is 9. The van der Waals surface area contributed by atoms with E-state index >= 15 is 0 Å². The van der Waals surface area contributed by atoms with Crippen LogP contribution in [-0.4, -0.2) is 69.7 Å². The zero-order valence-corrected chi connectivity index (χ0v) is 24.6. The van der Waals surface area contributed by atoms with Gasteiger partial charge in [-0.3, -0.25) is 23.9 Å². The van der Waals surface area contributed by atoms with Crippen LogP contribution in [0.1, 0.15) is 21.5 Å². The summed E-state index contributed by atoms with van der Waals surface area (Å²) in [4.78, 5) is 49.1. The minimum absolute atomic E-state index is 0.0254. The summed E-state index contributed by atoms with van der Waals surface area (Å²) >= 11 is 0. The van der Waals surface area contributed by atoms with Gasteiger partial charge < -0.3 is 20.1 Å². The van der Waals surface area contributed by atoms with E-state index in [0.29, 0.717) is 28.1 Å². The van der Waals surface area contributed by atoms with Crippen LogP contribution in [0.5, 0.6) is 0 Å². The van der Waals surface area contributed by atoms with Crippen molar-refractivity contribution < 1.29 is 18.4 Å². The Labute approximate surface area is 252 Å². The van der Waals surface area contributed by atoms with E-state index in [9.17, 15) is 23.2 Å². The van der Waals surface area contributed by atoms with E-state index in [2.05, 4.69) is 20.6 Å². The predicted molar refractivity (Wildman–Crippen MR) is 164 cm³/mol. The van der Waals surface area contributed by atoms with E-state index in [1.807, 2.05) is 23.8 Å². The van der Waals surface area contributed by atoms with Crippen molar-refractivity contribution in [2.24, 2.45) is 0 Å². The lowest BCUT2D eigenvalue weighted by Crippen LogP contribution is -2.41. The lowest BCUT2D eigenvalue weighted by molar-refractivity contribution is -0.118. The number of anilines is 1. The molecular weight excluding hydrogens is 568 g/mol. The van der Waals surface area contributed by atoms with Crippen molar-refractivity contribution >= 4 is 28.5 Å². The zero-order chi connectivity index (χ0) is 31.5. The van der Waals surface area contributed by atoms with Gasteiger partial charge in [-0.1, -0.05) is 12.1 Å². The largest absolute Gasteiger partial charge is 0.345 e. The molecule has 0 aliphatic rings. The lowest BCUT2D eigenvalue weighted by Gasteiger charge is -2.17. The van der Waals surface area contributed by atoms with E-state index < -0.39 is 24.2 Å². The zero-order valence-electron chi connectivity index (χ0n) is 24.6. The fourth-order valence-corrected chi connectivity index (χ4v) is 4.97. The van der Waals surface area contributed by atoms with Crippen LogP contribution in [0.2, 0.25) is 0 Å². The first-order valence-electron chi connectivity index (χ1n) is 13.8. The minimum atomic E-state index is -1.16. The standard InChI is InChI=1S/C32H31F2N7O3/c1-19-17-40(27-9-8-23(34)12-25(19)27)24-10-20(14-36-15-24)18-41-28(21-6-5-7-22(11-21)31(43)39(3)4)16-37-29(32(41)44)38-30(42)26(13-33)35-2/h5-12,14-17,26,35H,13,18H2,1-4H3,(H,37,38,42)/t26-/m0/s1. The van der Waals surface area contributed by atoms with Gasteiger partial charge in [0.25, 0.3) is 11.5 Å². The molecule has 3 aromatic heterocycles. The van der Waals surface area contributed by atoms with Gasteiger partial charge >= 0.3 is 0 Å². The average molecular weight is 600 g/mol. The van der Waals surface area contributed by atoms with Crippen molar-refractivity contribution in [3.8, 4) is 16.9 Å². The highest BCUT2D eigenvalue weighted by atomic mass is 19.1. The van der Waals surface area contributed by atoms with E-state index in [1.165, 1.54) is 34.8 Å². The number of aryl methyl sites for hydroxylation is 1. The summed E-state index contributed by atoms with van der Waals surface area (Å²) in [6.07, 6.45) is 6.59. The number of fused-ring (bicyclic) bond motifs is 1. The maximum Gasteiger partial charge on any atom is 0.294 e. The number of amides is 2. The third kappa shape index (κ3) is 5.97. The number of pyridine rings is 1. The normalized spacial score (nSPS) is 11.9. The Kier molecular flexibility index (Phi) is 8.63. The molecule has 0 fully saturated rings. The van der Waals surface area contributed by atoms with Crippen molar-refractivity contribution in [2.75, 3.05) is 33.1 Å². The number of likely N-dealkylation sites (N-methyl/N-ethyl adjacent to an activating group) is 1. The molecule has 2 N–H and O–H groups in total. The van der Waals surface area contributed by atoms with Crippen molar-refractivity contribution in [3.63, 3.8) is 0 Å². The molecule has 0 aliphatic carbocycles. The Morgan fingerprint density at radius 2 is 1.86 bits per heavy atom. The summed E-state index contributed by atoms with van der Waals surface area (Å²) in [5.74, 6) is -1.56. The van der Waals surface area contributed by atoms with Crippen LogP contribution in [0.15, 0.2) is 78.1 Å². The number of carbonyl (C=O) groups excluding carboxylic acids is 2. The van der Waals surface area contributed by atoms with Gasteiger partial charge in [0.2, 0.25) is 5.91 Å². The van der Waals surface area contributed by atoms with Crippen LogP contribution in [0.4, 0.5) is 14.6 Å². The molecule has 2 aromatic carbocycles. The molecule has 0 unspecified atom stereocenters. The smallest absolute Gasteiger partial charge is 0.294 e. The molecule has 0 radical (unpaired) electrons. The molecule has 226 valence electrons. The van der Waals surface area contributed by atoms with Crippen LogP contribution in [0, 0.1) is 12.7 Å². The molecule has 0 bridgehead atoms. The average Bonchev–Trinajstić information content (AvgIpc) is 3.34. The highest BCUT2D eigenvalue weighted by molar-refractivity contribution is 5.95. The number of hydrogen-bond donors (Lipinski definition) is 2. The maximum absolute atomic E-state index is 13.9. The molecule has 1 atom stereocenters. The highest BCUT2D eigenvalue weighted by Crippen LogP contribution is 2.26. The van der Waals surface area contributed by atoms with Gasteiger partial charge in [-0.15, -0.1) is 0 Å². The summed E-state index contributed by atoms with van der Waals surface area (Å²) in [6.45, 7) is 0.947. The fourth-order valence-electron chi connectivity index (χ4n) is 4.97. The topological polar surface area (TPSA) is 114 Å². The van der Waals surface area contributed by atoms with Crippen molar-refractivity contribution in [3.05, 3.63) is 106 Å². The molecule has 12 heteroatoms. The van der Waals surface area contributed by atoms with E-state index in [1.54, 1.807) is 56.8 Å². The Morgan fingerprint density at radius 3 is 2.59 bits per heavy atom. The molecule has 0 spiro atoms. The summed E-state index contributed by atoms with van der Waals surface area (Å²) in [7, 11) is 4.73. The first kappa shape index (κ1) is 30.2. The summed E-state index contributed by atoms with van der Waals surface area (Å²) in [6, 6.07) is 12.1. The Balaban J connectivity index is 1.60. The summed E-state index contributed by atoms with van der Waals surface area (Å²) in [5, 5.41) is 5.75. The molecule has 3 heterocycles. The van der Waals surface area contributed by atoms with Gasteiger partial charge in [-0.05, 0) is 61.5 Å². The summed E-state index contributed by atoms with van der Waals surface area (Å²) in [5.41, 5.74) is 3.75. The molecule has 2 amide bonds. The van der Waals surface area contributed by atoms with E-state index in [4.69, 9.17) is 0 Å². The number of halogens is 2. The highest BCUT2D eigenvalue weighted by Gasteiger charge is 2.21. The minimum Gasteiger partial charge on any atom is -0.345 e. The number of nitrogens with one attached hydrogen (secondary N) is 2. The molecule has 0 saturated carbocycles. The maximum atomic E-state index is 13.9. The van der Waals surface area contributed by atoms with Gasteiger partial charge in [0, 0.05) is 43.0 Å². The number of hydrogen-bond acceptors (Lipinski definition) is 6. The van der Waals surface area contributed by atoms with Crippen molar-refractivity contribution in [2.45, 2.75) is 19.5 Å². The number of carbonyl (C=O) groups is 2. The number of benzene rings is 2. The molecule has 44 heavy (non-hydrogen) atoms. The number of nitrogens with zero attached hydrogens (tertiary/aromatic N) is 5. The second-order valence-electron chi connectivity index (χ2n) is 10.5. The van der Waals surface area contributed by atoms with Crippen LogP contribution < -0.4 is 16.2 Å². The monoisotopic (exact) mass is 599 g/mol. The Bertz CT molecular complexity index is 1930. The van der Waals surface area contributed by atoms with Gasteiger partial charge in [0.15, 0.2) is 5.82 Å². The lowest BCUT2D eigenvalue weighted by atomic mass is 10.1. The second kappa shape index (κ2) is 12.6. The third-order valence-corrected chi connectivity index (χ3v) is 7.29. The van der Waals surface area contributed by atoms with Gasteiger partial charge in [0.05, 0.1) is 35.8 Å². The van der Waals surface area contributed by atoms with Crippen LogP contribution >= 0.6 is 0 Å². The molecule has 0 aliphatic heterocycles. The summed E-state index contributed by atoms with van der Waals surface area (Å²) < 4.78 is 30.6. The molecule has 5 aromatic rings. The second-order valence-corrected chi connectivity index (χ2v) is 10.5. The van der Waals surface area contributed by atoms with Gasteiger partial charge in [-0.25, -0.2) is 13.8 Å². The van der Waals surface area contributed by atoms with Crippen molar-refractivity contribution in [1.82, 2.24) is 29.3 Å². The Hall–Kier alpha value is -5.23. The molecule has 0 saturated heterocycles. The quantitative estimate of drug-likeness (QED) is 0.265. The van der Waals surface area contributed by atoms with Gasteiger partial charge in [0.1, 0.15) is 18.5 Å². The van der Waals surface area contributed by atoms with E-state index in [0.717, 1.165) is 16.5 Å². The first-order valence-corrected chi connectivity index (χ1v) is 13.8. The van der Waals surface area contributed by atoms with Gasteiger partial charge in [-0.2, -0.15) is 0 Å². The fraction of sp³-hybridized carbons (Fsp3) is 0.219. The van der Waals surface area contributed by atoms with Crippen molar-refractivity contribution in [1.29, 1.82) is 0 Å². The first-order chi connectivity index (χ1) is 21.1. The molecule has 10 nitrogen and oxygen atoms in total. The number of alkyl halides is 1. The van der Waals surface area contributed by atoms with Crippen LogP contribution in [0.25, 0.3) is 27.8 Å². The molecule has 5 rings (SSSR count). The van der Waals surface area contributed by atoms with Crippen LogP contribution in [-0.2, 0) is 11.3 Å². The molecular formula is C32H31F2N7O3. The van der Waals surface area contributed by atoms with Crippen LogP contribution in [0.3, 0.4) is 0 Å².